The van der Waals surface area contributed by atoms with E-state index in [4.69, 9.17) is 9.47 Å². The van der Waals surface area contributed by atoms with Crippen LogP contribution in [0.25, 0.3) is 0 Å². The first-order valence-electron chi connectivity index (χ1n) is 18.2. The molecule has 0 unspecified atom stereocenters. The number of nitrogens with one attached hydrogen (secondary N) is 2. The van der Waals surface area contributed by atoms with Crippen molar-refractivity contribution in [2.75, 3.05) is 13.2 Å². The first-order valence-corrected chi connectivity index (χ1v) is 18.2. The first kappa shape index (κ1) is 31.5. The molecule has 0 aromatic heterocycles. The normalized spacial score (nSPS) is 45.2. The molecule has 1 aromatic carbocycles. The van der Waals surface area contributed by atoms with E-state index in [0.29, 0.717) is 53.6 Å². The number of ether oxygens (including phenoxy) is 2. The maximum atomic E-state index is 12.9. The molecule has 4 aliphatic carbocycles. The van der Waals surface area contributed by atoms with Crippen molar-refractivity contribution in [3.05, 3.63) is 29.8 Å². The SMILES string of the molecule is C[C@@H]1CC[C@@]2(OC1)O[C@H]1C[C@H]3[C@@H]4CC[C@@H]5C[C@H](NC(=O)CC(=O)NCCc6ccc(O)cc6)CC[C@]5(C)[C@H]4CC[C@]3(C)[C@H]1[C@@H]2C. The van der Waals surface area contributed by atoms with Gasteiger partial charge in [0.05, 0.1) is 12.7 Å². The lowest BCUT2D eigenvalue weighted by atomic mass is 9.44. The summed E-state index contributed by atoms with van der Waals surface area (Å²) in [4.78, 5) is 25.3. The van der Waals surface area contributed by atoms with E-state index in [9.17, 15) is 14.7 Å². The molecule has 7 nitrogen and oxygen atoms in total. The second kappa shape index (κ2) is 11.8. The molecular formula is C38H56N2O5. The molecule has 2 saturated heterocycles. The number of hydrogen-bond donors (Lipinski definition) is 3. The average Bonchev–Trinajstić information content (AvgIpc) is 3.45. The van der Waals surface area contributed by atoms with Gasteiger partial charge in [0.15, 0.2) is 5.79 Å². The predicted molar refractivity (Wildman–Crippen MR) is 173 cm³/mol. The van der Waals surface area contributed by atoms with Gasteiger partial charge in [-0.1, -0.05) is 39.8 Å². The van der Waals surface area contributed by atoms with Crippen molar-refractivity contribution >= 4 is 11.8 Å². The quantitative estimate of drug-likeness (QED) is 0.321. The lowest BCUT2D eigenvalue weighted by Gasteiger charge is -2.61. The van der Waals surface area contributed by atoms with Crippen molar-refractivity contribution in [1.82, 2.24) is 10.6 Å². The van der Waals surface area contributed by atoms with Crippen molar-refractivity contribution in [1.29, 1.82) is 0 Å². The number of rotatable bonds is 6. The van der Waals surface area contributed by atoms with E-state index in [1.165, 1.54) is 44.9 Å². The Morgan fingerprint density at radius 2 is 1.69 bits per heavy atom. The molecule has 2 aliphatic heterocycles. The number of hydrogen-bond acceptors (Lipinski definition) is 5. The van der Waals surface area contributed by atoms with Crippen LogP contribution >= 0.6 is 0 Å². The van der Waals surface area contributed by atoms with Crippen LogP contribution in [0.3, 0.4) is 0 Å². The highest BCUT2D eigenvalue weighted by atomic mass is 16.7. The summed E-state index contributed by atoms with van der Waals surface area (Å²) in [6.45, 7) is 11.3. The largest absolute Gasteiger partial charge is 0.508 e. The fourth-order valence-electron chi connectivity index (χ4n) is 11.9. The molecule has 1 spiro atoms. The van der Waals surface area contributed by atoms with E-state index in [1.807, 2.05) is 12.1 Å². The lowest BCUT2D eigenvalue weighted by Crippen LogP contribution is -2.56. The molecule has 2 amide bonds. The third kappa shape index (κ3) is 5.52. The van der Waals surface area contributed by atoms with Crippen LogP contribution in [0.1, 0.15) is 104 Å². The summed E-state index contributed by atoms with van der Waals surface area (Å²) in [5.74, 6) is 4.15. The second-order valence-electron chi connectivity index (χ2n) is 16.7. The minimum absolute atomic E-state index is 0.118. The molecule has 4 saturated carbocycles. The van der Waals surface area contributed by atoms with E-state index in [-0.39, 0.29) is 35.8 Å². The minimum atomic E-state index is -0.340. The molecule has 45 heavy (non-hydrogen) atoms. The molecular weight excluding hydrogens is 564 g/mol. The number of benzene rings is 1. The number of amides is 2. The fourth-order valence-corrected chi connectivity index (χ4v) is 11.9. The average molecular weight is 621 g/mol. The molecule has 1 aromatic rings. The second-order valence-corrected chi connectivity index (χ2v) is 16.7. The van der Waals surface area contributed by atoms with Crippen LogP contribution in [-0.4, -0.2) is 48.0 Å². The first-order chi connectivity index (χ1) is 21.5. The Morgan fingerprint density at radius 1 is 0.911 bits per heavy atom. The molecule has 3 N–H and O–H groups in total. The Balaban J connectivity index is 0.919. The number of phenolic OH excluding ortho intramolecular Hbond substituents is 1. The van der Waals surface area contributed by atoms with Crippen molar-refractivity contribution in [2.24, 2.45) is 52.3 Å². The van der Waals surface area contributed by atoms with Gasteiger partial charge in [-0.3, -0.25) is 9.59 Å². The number of carbonyl (C=O) groups is 2. The smallest absolute Gasteiger partial charge is 0.229 e. The Morgan fingerprint density at radius 3 is 2.44 bits per heavy atom. The summed E-state index contributed by atoms with van der Waals surface area (Å²) in [7, 11) is 0. The third-order valence-corrected chi connectivity index (χ3v) is 14.3. The van der Waals surface area contributed by atoms with Crippen molar-refractivity contribution in [3.63, 3.8) is 0 Å². The van der Waals surface area contributed by atoms with E-state index in [0.717, 1.165) is 49.2 Å². The zero-order chi connectivity index (χ0) is 31.6. The van der Waals surface area contributed by atoms with E-state index in [2.05, 4.69) is 38.3 Å². The van der Waals surface area contributed by atoms with Gasteiger partial charge in [0.25, 0.3) is 0 Å². The maximum Gasteiger partial charge on any atom is 0.229 e. The molecule has 248 valence electrons. The van der Waals surface area contributed by atoms with Crippen molar-refractivity contribution in [3.8, 4) is 5.75 Å². The van der Waals surface area contributed by atoms with Crippen molar-refractivity contribution in [2.45, 2.75) is 123 Å². The highest BCUT2D eigenvalue weighted by Crippen LogP contribution is 2.71. The summed E-state index contributed by atoms with van der Waals surface area (Å²) in [6.07, 6.45) is 12.8. The van der Waals surface area contributed by atoms with Gasteiger partial charge in [0.2, 0.25) is 11.8 Å². The van der Waals surface area contributed by atoms with Crippen LogP contribution in [0.15, 0.2) is 24.3 Å². The van der Waals surface area contributed by atoms with Crippen LogP contribution in [0, 0.1) is 52.3 Å². The number of aromatic hydroxyl groups is 1. The molecule has 7 heteroatoms. The molecule has 0 bridgehead atoms. The lowest BCUT2D eigenvalue weighted by molar-refractivity contribution is -0.273. The zero-order valence-corrected chi connectivity index (χ0v) is 28.0. The van der Waals surface area contributed by atoms with E-state index >= 15 is 0 Å². The van der Waals surface area contributed by atoms with Gasteiger partial charge in [0, 0.05) is 24.9 Å². The van der Waals surface area contributed by atoms with Gasteiger partial charge >= 0.3 is 0 Å². The van der Waals surface area contributed by atoms with Gasteiger partial charge in [0.1, 0.15) is 12.2 Å². The summed E-state index contributed by atoms with van der Waals surface area (Å²) in [5, 5.41) is 15.5. The summed E-state index contributed by atoms with van der Waals surface area (Å²) >= 11 is 0. The molecule has 0 radical (unpaired) electrons. The molecule has 2 heterocycles. The Kier molecular flexibility index (Phi) is 8.28. The van der Waals surface area contributed by atoms with E-state index in [1.54, 1.807) is 12.1 Å². The standard InChI is InChI=1S/C38H56N2O5/c1-23-11-17-38(44-22-23)24(2)35-32(45-38)20-31-29-10-7-26-19-27(12-15-36(26,3)30(29)13-16-37(31,35)4)40-34(43)21-33(42)39-18-14-25-5-8-28(41)9-6-25/h5-6,8-9,23-24,26-27,29-32,35,41H,7,10-22H2,1-4H3,(H,39,42)(H,40,43)/t23-,24+,26-,27-,29-,30+,31+,32+,35+,36+,37+,38-/m1/s1. The summed E-state index contributed by atoms with van der Waals surface area (Å²) in [5.41, 5.74) is 1.72. The molecule has 6 fully saturated rings. The van der Waals surface area contributed by atoms with E-state index < -0.39 is 0 Å². The number of fused-ring (bicyclic) bond motifs is 7. The van der Waals surface area contributed by atoms with Crippen LogP contribution in [0.5, 0.6) is 5.75 Å². The van der Waals surface area contributed by atoms with Crippen LogP contribution < -0.4 is 10.6 Å². The third-order valence-electron chi connectivity index (χ3n) is 14.3. The van der Waals surface area contributed by atoms with Gasteiger partial charge in [-0.2, -0.15) is 0 Å². The highest BCUT2D eigenvalue weighted by Gasteiger charge is 2.69. The molecule has 12 atom stereocenters. The Bertz CT molecular complexity index is 1260. The molecule has 6 aliphatic rings. The zero-order valence-electron chi connectivity index (χ0n) is 28.0. The summed E-state index contributed by atoms with van der Waals surface area (Å²) < 4.78 is 13.5. The monoisotopic (exact) mass is 620 g/mol. The maximum absolute atomic E-state index is 12.9. The van der Waals surface area contributed by atoms with Gasteiger partial charge in [-0.25, -0.2) is 0 Å². The van der Waals surface area contributed by atoms with Gasteiger partial charge in [-0.15, -0.1) is 0 Å². The fraction of sp³-hybridized carbons (Fsp3) is 0.789. The highest BCUT2D eigenvalue weighted by molar-refractivity contribution is 5.96. The van der Waals surface area contributed by atoms with Crippen LogP contribution in [-0.2, 0) is 25.5 Å². The summed E-state index contributed by atoms with van der Waals surface area (Å²) in [6, 6.07) is 7.15. The van der Waals surface area contributed by atoms with Gasteiger partial charge in [-0.05, 0) is 128 Å². The Labute approximate surface area is 270 Å². The Hall–Kier alpha value is -2.12. The van der Waals surface area contributed by atoms with Crippen molar-refractivity contribution < 1.29 is 24.2 Å². The molecule has 7 rings (SSSR count). The number of carbonyl (C=O) groups excluding carboxylic acids is 2. The minimum Gasteiger partial charge on any atom is -0.508 e. The number of phenols is 1. The predicted octanol–water partition coefficient (Wildman–Crippen LogP) is 6.37. The topological polar surface area (TPSA) is 96.9 Å². The van der Waals surface area contributed by atoms with Crippen LogP contribution in [0.4, 0.5) is 0 Å². The van der Waals surface area contributed by atoms with Gasteiger partial charge < -0.3 is 25.2 Å². The van der Waals surface area contributed by atoms with Crippen LogP contribution in [0.2, 0.25) is 0 Å².